The molecular weight excluding hydrogens is 222 g/mol. The van der Waals surface area contributed by atoms with Crippen molar-refractivity contribution in [2.24, 2.45) is 7.05 Å². The fraction of sp³-hybridized carbons (Fsp3) is 0.364. The second-order valence-electron chi connectivity index (χ2n) is 4.04. The number of aryl methyl sites for hydroxylation is 1. The molecule has 1 aromatic carbocycles. The average Bonchev–Trinajstić information content (AvgIpc) is 2.59. The smallest absolute Gasteiger partial charge is 0.336 e. The van der Waals surface area contributed by atoms with Crippen molar-refractivity contribution in [3.8, 4) is 5.75 Å². The molecule has 0 unspecified atom stereocenters. The van der Waals surface area contributed by atoms with Gasteiger partial charge in [-0.05, 0) is 26.0 Å². The highest BCUT2D eigenvalue weighted by Gasteiger charge is 2.23. The summed E-state index contributed by atoms with van der Waals surface area (Å²) in [6.45, 7) is 3.66. The number of nitro groups is 1. The zero-order valence-corrected chi connectivity index (χ0v) is 9.88. The third-order valence-electron chi connectivity index (χ3n) is 2.38. The Morgan fingerprint density at radius 1 is 1.47 bits per heavy atom. The molecule has 0 saturated carbocycles. The average molecular weight is 235 g/mol. The molecule has 0 saturated heterocycles. The van der Waals surface area contributed by atoms with Crippen LogP contribution in [0.1, 0.15) is 13.8 Å². The summed E-state index contributed by atoms with van der Waals surface area (Å²) in [6, 6.07) is 3.38. The number of rotatable bonds is 3. The Morgan fingerprint density at radius 3 is 2.76 bits per heavy atom. The molecule has 0 aliphatic rings. The van der Waals surface area contributed by atoms with E-state index in [4.69, 9.17) is 4.74 Å². The maximum absolute atomic E-state index is 11.2. The summed E-state index contributed by atoms with van der Waals surface area (Å²) >= 11 is 0. The Labute approximate surface area is 97.9 Å². The molecule has 0 N–H and O–H groups in total. The summed E-state index contributed by atoms with van der Waals surface area (Å²) in [7, 11) is 1.68. The van der Waals surface area contributed by atoms with Gasteiger partial charge in [0.1, 0.15) is 5.52 Å². The van der Waals surface area contributed by atoms with E-state index in [1.54, 1.807) is 25.4 Å². The number of fused-ring (bicyclic) bond motifs is 1. The van der Waals surface area contributed by atoms with Crippen LogP contribution in [0.5, 0.6) is 5.75 Å². The van der Waals surface area contributed by atoms with Crippen molar-refractivity contribution in [3.63, 3.8) is 0 Å². The van der Waals surface area contributed by atoms with Crippen LogP contribution in [-0.4, -0.2) is 20.8 Å². The van der Waals surface area contributed by atoms with E-state index in [1.807, 2.05) is 13.8 Å². The van der Waals surface area contributed by atoms with Crippen molar-refractivity contribution in [1.29, 1.82) is 0 Å². The van der Waals surface area contributed by atoms with Crippen molar-refractivity contribution in [3.05, 3.63) is 28.4 Å². The summed E-state index contributed by atoms with van der Waals surface area (Å²) < 4.78 is 6.94. The van der Waals surface area contributed by atoms with E-state index in [1.165, 1.54) is 4.68 Å². The van der Waals surface area contributed by atoms with Crippen molar-refractivity contribution < 1.29 is 9.66 Å². The summed E-state index contributed by atoms with van der Waals surface area (Å²) in [5, 5.41) is 15.9. The van der Waals surface area contributed by atoms with Gasteiger partial charge in [0, 0.05) is 12.4 Å². The highest BCUT2D eigenvalue weighted by atomic mass is 16.6. The first-order valence-corrected chi connectivity index (χ1v) is 5.26. The monoisotopic (exact) mass is 235 g/mol. The minimum Gasteiger partial charge on any atom is -0.484 e. The van der Waals surface area contributed by atoms with Crippen LogP contribution < -0.4 is 4.74 Å². The Balaban J connectivity index is 2.71. The lowest BCUT2D eigenvalue weighted by molar-refractivity contribution is -0.384. The fourth-order valence-electron chi connectivity index (χ4n) is 1.75. The Kier molecular flexibility index (Phi) is 2.71. The lowest BCUT2D eigenvalue weighted by atomic mass is 10.2. The Morgan fingerprint density at radius 2 is 2.18 bits per heavy atom. The van der Waals surface area contributed by atoms with Crippen molar-refractivity contribution in [1.82, 2.24) is 9.78 Å². The van der Waals surface area contributed by atoms with Gasteiger partial charge in [0.25, 0.3) is 0 Å². The maximum Gasteiger partial charge on any atom is 0.336 e. The lowest BCUT2D eigenvalue weighted by Crippen LogP contribution is -2.08. The van der Waals surface area contributed by atoms with Crippen LogP contribution in [0, 0.1) is 10.1 Å². The molecule has 0 aliphatic carbocycles. The molecule has 17 heavy (non-hydrogen) atoms. The number of hydrogen-bond acceptors (Lipinski definition) is 4. The van der Waals surface area contributed by atoms with Crippen LogP contribution in [0.2, 0.25) is 0 Å². The van der Waals surface area contributed by atoms with Crippen LogP contribution in [0.15, 0.2) is 18.3 Å². The summed E-state index contributed by atoms with van der Waals surface area (Å²) in [6.07, 6.45) is 1.49. The van der Waals surface area contributed by atoms with E-state index in [2.05, 4.69) is 5.10 Å². The molecule has 0 atom stereocenters. The number of benzene rings is 1. The topological polar surface area (TPSA) is 70.2 Å². The summed E-state index contributed by atoms with van der Waals surface area (Å²) in [4.78, 5) is 10.7. The van der Waals surface area contributed by atoms with Crippen LogP contribution >= 0.6 is 0 Å². The van der Waals surface area contributed by atoms with E-state index < -0.39 is 4.92 Å². The second-order valence-corrected chi connectivity index (χ2v) is 4.04. The Hall–Kier alpha value is -2.11. The molecule has 1 aromatic heterocycles. The fourth-order valence-corrected chi connectivity index (χ4v) is 1.75. The van der Waals surface area contributed by atoms with E-state index in [0.717, 1.165) is 5.39 Å². The molecule has 0 amide bonds. The maximum atomic E-state index is 11.2. The van der Waals surface area contributed by atoms with Gasteiger partial charge in [0.05, 0.1) is 17.2 Å². The number of aromatic nitrogens is 2. The van der Waals surface area contributed by atoms with Gasteiger partial charge in [-0.25, -0.2) is 0 Å². The van der Waals surface area contributed by atoms with Gasteiger partial charge in [0.15, 0.2) is 5.75 Å². The van der Waals surface area contributed by atoms with Crippen molar-refractivity contribution in [2.75, 3.05) is 0 Å². The zero-order valence-electron chi connectivity index (χ0n) is 9.88. The van der Waals surface area contributed by atoms with E-state index in [-0.39, 0.29) is 17.5 Å². The SMILES string of the molecule is CC(C)Oc1ccc2cnn(C)c2c1[N+](=O)[O-]. The first-order chi connectivity index (χ1) is 8.00. The van der Waals surface area contributed by atoms with Gasteiger partial charge >= 0.3 is 5.69 Å². The van der Waals surface area contributed by atoms with Gasteiger partial charge in [-0.3, -0.25) is 14.8 Å². The number of nitrogens with zero attached hydrogens (tertiary/aromatic N) is 3. The number of hydrogen-bond donors (Lipinski definition) is 0. The quantitative estimate of drug-likeness (QED) is 0.604. The van der Waals surface area contributed by atoms with E-state index in [9.17, 15) is 10.1 Å². The molecule has 0 radical (unpaired) electrons. The molecule has 6 nitrogen and oxygen atoms in total. The van der Waals surface area contributed by atoms with Gasteiger partial charge in [-0.1, -0.05) is 0 Å². The standard InChI is InChI=1S/C11H13N3O3/c1-7(2)17-9-5-4-8-6-12-13(3)10(8)11(9)14(15)16/h4-7H,1-3H3. The predicted molar refractivity (Wildman–Crippen MR) is 63.1 cm³/mol. The van der Waals surface area contributed by atoms with Crippen LogP contribution in [-0.2, 0) is 7.05 Å². The third kappa shape index (κ3) is 1.93. The second kappa shape index (κ2) is 4.04. The first kappa shape index (κ1) is 11.4. The van der Waals surface area contributed by atoms with Gasteiger partial charge in [0.2, 0.25) is 0 Å². The van der Waals surface area contributed by atoms with Gasteiger partial charge in [-0.15, -0.1) is 0 Å². The largest absolute Gasteiger partial charge is 0.484 e. The predicted octanol–water partition coefficient (Wildman–Crippen LogP) is 2.27. The van der Waals surface area contributed by atoms with Crippen molar-refractivity contribution >= 4 is 16.6 Å². The molecule has 90 valence electrons. The number of ether oxygens (including phenoxy) is 1. The van der Waals surface area contributed by atoms with Crippen LogP contribution in [0.25, 0.3) is 10.9 Å². The van der Waals surface area contributed by atoms with Crippen LogP contribution in [0.4, 0.5) is 5.69 Å². The van der Waals surface area contributed by atoms with Gasteiger partial charge in [-0.2, -0.15) is 5.10 Å². The molecule has 2 rings (SSSR count). The third-order valence-corrected chi connectivity index (χ3v) is 2.38. The van der Waals surface area contributed by atoms with Gasteiger partial charge < -0.3 is 4.74 Å². The lowest BCUT2D eigenvalue weighted by Gasteiger charge is -2.10. The van der Waals surface area contributed by atoms with E-state index >= 15 is 0 Å². The minimum atomic E-state index is -0.429. The molecule has 0 fully saturated rings. The normalized spacial score (nSPS) is 11.1. The Bertz CT molecular complexity index is 575. The van der Waals surface area contributed by atoms with Crippen LogP contribution in [0.3, 0.4) is 0 Å². The molecule has 0 bridgehead atoms. The summed E-state index contributed by atoms with van der Waals surface area (Å²) in [5.74, 6) is 0.279. The molecule has 6 heteroatoms. The summed E-state index contributed by atoms with van der Waals surface area (Å²) in [5.41, 5.74) is 0.448. The highest BCUT2D eigenvalue weighted by Crippen LogP contribution is 2.35. The molecule has 1 heterocycles. The molecular formula is C11H13N3O3. The minimum absolute atomic E-state index is 0.0313. The van der Waals surface area contributed by atoms with Crippen molar-refractivity contribution in [2.45, 2.75) is 20.0 Å². The molecule has 0 aliphatic heterocycles. The van der Waals surface area contributed by atoms with E-state index in [0.29, 0.717) is 5.52 Å². The first-order valence-electron chi connectivity index (χ1n) is 5.26. The molecule has 0 spiro atoms. The highest BCUT2D eigenvalue weighted by molar-refractivity contribution is 5.90. The zero-order chi connectivity index (χ0) is 12.6. The molecule has 2 aromatic rings. The number of nitro benzene ring substituents is 1.